The van der Waals surface area contributed by atoms with Gasteiger partial charge in [0.2, 0.25) is 5.69 Å². The fraction of sp³-hybridized carbons (Fsp3) is 0.176. The van der Waals surface area contributed by atoms with Gasteiger partial charge in [0, 0.05) is 31.7 Å². The number of amides is 2. The highest BCUT2D eigenvalue weighted by molar-refractivity contribution is 6.07. The van der Waals surface area contributed by atoms with Crippen molar-refractivity contribution >= 4 is 28.9 Å². The van der Waals surface area contributed by atoms with Crippen molar-refractivity contribution in [2.24, 2.45) is 14.1 Å². The number of benzene rings is 1. The van der Waals surface area contributed by atoms with Crippen molar-refractivity contribution in [2.75, 3.05) is 10.6 Å². The second kappa shape index (κ2) is 7.31. The largest absolute Gasteiger partial charge is 0.322 e. The number of nitrogens with one attached hydrogen (secondary N) is 2. The standard InChI is InChI=1S/C17H17N7O4/c1-10-14(24(27)28)15(23(3)20-10)17(26)19-12-6-4-5-11(9-12)18-16(25)13-7-8-22(2)21-13/h4-9H,1-3H3,(H,18,25)(H,19,26). The van der Waals surface area contributed by atoms with Gasteiger partial charge in [-0.1, -0.05) is 6.07 Å². The van der Waals surface area contributed by atoms with Gasteiger partial charge in [-0.05, 0) is 31.2 Å². The number of nitro groups is 1. The zero-order chi connectivity index (χ0) is 20.4. The molecule has 0 saturated heterocycles. The monoisotopic (exact) mass is 383 g/mol. The van der Waals surface area contributed by atoms with Crippen LogP contribution >= 0.6 is 0 Å². The van der Waals surface area contributed by atoms with Gasteiger partial charge >= 0.3 is 5.69 Å². The van der Waals surface area contributed by atoms with E-state index in [1.807, 2.05) is 0 Å². The highest BCUT2D eigenvalue weighted by atomic mass is 16.6. The van der Waals surface area contributed by atoms with Gasteiger partial charge < -0.3 is 10.6 Å². The van der Waals surface area contributed by atoms with Crippen LogP contribution in [0.15, 0.2) is 36.5 Å². The number of anilines is 2. The normalized spacial score (nSPS) is 10.5. The Morgan fingerprint density at radius 2 is 1.71 bits per heavy atom. The van der Waals surface area contributed by atoms with E-state index in [1.54, 1.807) is 37.5 Å². The number of aromatic nitrogens is 4. The molecule has 0 atom stereocenters. The van der Waals surface area contributed by atoms with Crippen LogP contribution < -0.4 is 10.6 Å². The number of nitrogens with zero attached hydrogens (tertiary/aromatic N) is 5. The minimum absolute atomic E-state index is 0.147. The minimum Gasteiger partial charge on any atom is -0.321 e. The molecular weight excluding hydrogens is 366 g/mol. The molecule has 144 valence electrons. The molecule has 2 amide bonds. The molecule has 2 N–H and O–H groups in total. The SMILES string of the molecule is Cc1nn(C)c(C(=O)Nc2cccc(NC(=O)c3ccn(C)n3)c2)c1[N+](=O)[O-]. The first-order valence-electron chi connectivity index (χ1n) is 8.16. The summed E-state index contributed by atoms with van der Waals surface area (Å²) in [4.78, 5) is 35.3. The molecule has 0 aliphatic heterocycles. The van der Waals surface area contributed by atoms with Crippen molar-refractivity contribution in [1.29, 1.82) is 0 Å². The van der Waals surface area contributed by atoms with Crippen molar-refractivity contribution in [1.82, 2.24) is 19.6 Å². The molecule has 28 heavy (non-hydrogen) atoms. The van der Waals surface area contributed by atoms with E-state index in [0.717, 1.165) is 4.68 Å². The van der Waals surface area contributed by atoms with E-state index >= 15 is 0 Å². The number of rotatable bonds is 5. The van der Waals surface area contributed by atoms with Crippen LogP contribution in [-0.2, 0) is 14.1 Å². The van der Waals surface area contributed by atoms with E-state index < -0.39 is 16.7 Å². The first kappa shape index (κ1) is 18.8. The predicted octanol–water partition coefficient (Wildman–Crippen LogP) is 1.87. The third-order valence-corrected chi connectivity index (χ3v) is 3.91. The van der Waals surface area contributed by atoms with E-state index in [9.17, 15) is 19.7 Å². The van der Waals surface area contributed by atoms with E-state index in [4.69, 9.17) is 0 Å². The molecule has 3 aromatic rings. The summed E-state index contributed by atoms with van der Waals surface area (Å²) in [6, 6.07) is 7.99. The molecule has 0 saturated carbocycles. The summed E-state index contributed by atoms with van der Waals surface area (Å²) < 4.78 is 2.67. The first-order chi connectivity index (χ1) is 13.3. The highest BCUT2D eigenvalue weighted by Gasteiger charge is 2.29. The van der Waals surface area contributed by atoms with Crippen LogP contribution in [0.5, 0.6) is 0 Å². The Labute approximate surface area is 159 Å². The fourth-order valence-corrected chi connectivity index (χ4v) is 2.72. The second-order valence-corrected chi connectivity index (χ2v) is 6.03. The lowest BCUT2D eigenvalue weighted by molar-refractivity contribution is -0.385. The molecular formula is C17H17N7O4. The summed E-state index contributed by atoms with van der Waals surface area (Å²) in [5.74, 6) is -1.08. The predicted molar refractivity (Wildman–Crippen MR) is 100 cm³/mol. The molecule has 0 fully saturated rings. The van der Waals surface area contributed by atoms with E-state index in [-0.39, 0.29) is 22.8 Å². The molecule has 1 aromatic carbocycles. The zero-order valence-electron chi connectivity index (χ0n) is 15.3. The lowest BCUT2D eigenvalue weighted by atomic mass is 10.2. The Morgan fingerprint density at radius 3 is 2.29 bits per heavy atom. The number of hydrogen-bond donors (Lipinski definition) is 2. The average molecular weight is 383 g/mol. The smallest absolute Gasteiger partial charge is 0.321 e. The quantitative estimate of drug-likeness (QED) is 0.510. The molecule has 0 aliphatic rings. The van der Waals surface area contributed by atoms with Crippen molar-refractivity contribution in [3.63, 3.8) is 0 Å². The van der Waals surface area contributed by atoms with Crippen molar-refractivity contribution in [2.45, 2.75) is 6.92 Å². The van der Waals surface area contributed by atoms with Crippen LogP contribution in [0, 0.1) is 17.0 Å². The molecule has 11 nitrogen and oxygen atoms in total. The third kappa shape index (κ3) is 3.72. The maximum atomic E-state index is 12.6. The van der Waals surface area contributed by atoms with Gasteiger partial charge in [0.25, 0.3) is 11.8 Å². The molecule has 2 aromatic heterocycles. The first-order valence-corrected chi connectivity index (χ1v) is 8.16. The number of carbonyl (C=O) groups excluding carboxylic acids is 2. The van der Waals surface area contributed by atoms with E-state index in [0.29, 0.717) is 11.4 Å². The number of carbonyl (C=O) groups is 2. The number of aryl methyl sites for hydroxylation is 3. The van der Waals surface area contributed by atoms with Crippen LogP contribution in [0.4, 0.5) is 17.1 Å². The van der Waals surface area contributed by atoms with Gasteiger partial charge in [0.1, 0.15) is 5.69 Å². The highest BCUT2D eigenvalue weighted by Crippen LogP contribution is 2.24. The maximum Gasteiger partial charge on any atom is 0.322 e. The molecule has 2 heterocycles. The molecule has 0 spiro atoms. The van der Waals surface area contributed by atoms with Gasteiger partial charge in [-0.2, -0.15) is 10.2 Å². The van der Waals surface area contributed by atoms with Gasteiger partial charge in [0.05, 0.1) is 4.92 Å². The van der Waals surface area contributed by atoms with Gasteiger partial charge in [0.15, 0.2) is 5.69 Å². The molecule has 0 bridgehead atoms. The Balaban J connectivity index is 1.79. The van der Waals surface area contributed by atoms with Crippen molar-refractivity contribution in [3.8, 4) is 0 Å². The van der Waals surface area contributed by atoms with Gasteiger partial charge in [-0.3, -0.25) is 29.1 Å². The second-order valence-electron chi connectivity index (χ2n) is 6.03. The molecule has 11 heteroatoms. The number of hydrogen-bond acceptors (Lipinski definition) is 6. The summed E-state index contributed by atoms with van der Waals surface area (Å²) in [5, 5.41) is 24.5. The zero-order valence-corrected chi connectivity index (χ0v) is 15.3. The van der Waals surface area contributed by atoms with Crippen LogP contribution in [0.2, 0.25) is 0 Å². The van der Waals surface area contributed by atoms with Crippen molar-refractivity contribution in [3.05, 3.63) is 63.7 Å². The summed E-state index contributed by atoms with van der Waals surface area (Å²) in [6.45, 7) is 1.46. The molecule has 0 radical (unpaired) electrons. The third-order valence-electron chi connectivity index (χ3n) is 3.91. The van der Waals surface area contributed by atoms with Gasteiger partial charge in [-0.25, -0.2) is 0 Å². The fourth-order valence-electron chi connectivity index (χ4n) is 2.72. The summed E-state index contributed by atoms with van der Waals surface area (Å²) in [6.07, 6.45) is 1.65. The summed E-state index contributed by atoms with van der Waals surface area (Å²) >= 11 is 0. The lowest BCUT2D eigenvalue weighted by Crippen LogP contribution is -2.18. The Hall–Kier alpha value is -4.02. The molecule has 0 aliphatic carbocycles. The Kier molecular flexibility index (Phi) is 4.90. The van der Waals surface area contributed by atoms with Crippen LogP contribution in [0.25, 0.3) is 0 Å². The van der Waals surface area contributed by atoms with E-state index in [2.05, 4.69) is 20.8 Å². The van der Waals surface area contributed by atoms with E-state index in [1.165, 1.54) is 24.7 Å². The maximum absolute atomic E-state index is 12.6. The van der Waals surface area contributed by atoms with Crippen LogP contribution in [0.3, 0.4) is 0 Å². The topological polar surface area (TPSA) is 137 Å². The lowest BCUT2D eigenvalue weighted by Gasteiger charge is -2.08. The minimum atomic E-state index is -0.678. The Morgan fingerprint density at radius 1 is 1.07 bits per heavy atom. The van der Waals surface area contributed by atoms with Crippen LogP contribution in [-0.4, -0.2) is 36.3 Å². The van der Waals surface area contributed by atoms with Gasteiger partial charge in [-0.15, -0.1) is 0 Å². The summed E-state index contributed by atoms with van der Waals surface area (Å²) in [5.41, 5.74) is 0.679. The summed E-state index contributed by atoms with van der Waals surface area (Å²) in [7, 11) is 3.16. The molecule has 0 unspecified atom stereocenters. The average Bonchev–Trinajstić information content (AvgIpc) is 3.17. The molecule has 3 rings (SSSR count). The Bertz CT molecular complexity index is 1080. The van der Waals surface area contributed by atoms with Crippen molar-refractivity contribution < 1.29 is 14.5 Å². The van der Waals surface area contributed by atoms with Crippen LogP contribution in [0.1, 0.15) is 26.7 Å².